The van der Waals surface area contributed by atoms with Crippen LogP contribution in [0.15, 0.2) is 29.3 Å². The van der Waals surface area contributed by atoms with Crippen molar-refractivity contribution in [2.45, 2.75) is 0 Å². The second-order valence-electron chi connectivity index (χ2n) is 5.29. The number of halogens is 1. The van der Waals surface area contributed by atoms with Gasteiger partial charge < -0.3 is 9.80 Å². The zero-order valence-corrected chi connectivity index (χ0v) is 13.4. The van der Waals surface area contributed by atoms with Gasteiger partial charge in [-0.1, -0.05) is 11.6 Å². The lowest BCUT2D eigenvalue weighted by atomic mass is 10.2. The first-order valence-electron chi connectivity index (χ1n) is 7.17. The van der Waals surface area contributed by atoms with Crippen molar-refractivity contribution >= 4 is 23.1 Å². The van der Waals surface area contributed by atoms with E-state index in [1.807, 2.05) is 6.07 Å². The lowest BCUT2D eigenvalue weighted by molar-refractivity contribution is 0.638. The van der Waals surface area contributed by atoms with Gasteiger partial charge in [-0.15, -0.1) is 0 Å². The molecule has 0 aliphatic carbocycles. The van der Waals surface area contributed by atoms with E-state index in [0.717, 1.165) is 31.9 Å². The van der Waals surface area contributed by atoms with Crippen LogP contribution in [0.1, 0.15) is 5.56 Å². The molecule has 0 spiro atoms. The maximum Gasteiger partial charge on any atom is 0.268 e. The van der Waals surface area contributed by atoms with Crippen LogP contribution in [0.25, 0.3) is 0 Å². The molecule has 3 heterocycles. The number of anilines is 2. The molecule has 0 unspecified atom stereocenters. The molecule has 0 bridgehead atoms. The molecule has 0 radical (unpaired) electrons. The summed E-state index contributed by atoms with van der Waals surface area (Å²) in [6.07, 6.45) is 3.22. The fourth-order valence-electron chi connectivity index (χ4n) is 2.53. The molecule has 0 amide bonds. The zero-order chi connectivity index (χ0) is 16.4. The van der Waals surface area contributed by atoms with Gasteiger partial charge in [0.15, 0.2) is 0 Å². The molecular formula is C15H15ClN6O. The fourth-order valence-corrected chi connectivity index (χ4v) is 2.82. The number of hydrogen-bond donors (Lipinski definition) is 0. The lowest BCUT2D eigenvalue weighted by Crippen LogP contribution is -2.47. The summed E-state index contributed by atoms with van der Waals surface area (Å²) in [6.45, 7) is 2.95. The molecule has 2 aromatic heterocycles. The van der Waals surface area contributed by atoms with E-state index in [1.54, 1.807) is 25.4 Å². The Hall–Kier alpha value is -2.59. The Morgan fingerprint density at radius 3 is 2.48 bits per heavy atom. The minimum Gasteiger partial charge on any atom is -0.367 e. The van der Waals surface area contributed by atoms with Gasteiger partial charge in [-0.3, -0.25) is 4.79 Å². The number of nitriles is 1. The first-order valence-corrected chi connectivity index (χ1v) is 7.55. The normalized spacial score (nSPS) is 14.7. The monoisotopic (exact) mass is 330 g/mol. The Kier molecular flexibility index (Phi) is 4.17. The molecule has 1 aliphatic heterocycles. The molecule has 1 fully saturated rings. The van der Waals surface area contributed by atoms with Crippen molar-refractivity contribution in [1.82, 2.24) is 14.8 Å². The van der Waals surface area contributed by atoms with E-state index in [9.17, 15) is 4.79 Å². The molecule has 2 aromatic rings. The summed E-state index contributed by atoms with van der Waals surface area (Å²) in [5.41, 5.74) is 1.15. The van der Waals surface area contributed by atoms with Crippen LogP contribution < -0.4 is 15.4 Å². The third kappa shape index (κ3) is 3.12. The largest absolute Gasteiger partial charge is 0.367 e. The summed E-state index contributed by atoms with van der Waals surface area (Å²) in [5.74, 6) is 0.687. The van der Waals surface area contributed by atoms with E-state index in [-0.39, 0.29) is 5.56 Å². The SMILES string of the molecule is Cn1ncc(N2CCN(c3ncc(C#N)cc3Cl)CC2)cc1=O. The third-order valence-corrected chi connectivity index (χ3v) is 4.13. The first kappa shape index (κ1) is 15.3. The molecular weight excluding hydrogens is 316 g/mol. The molecule has 0 atom stereocenters. The summed E-state index contributed by atoms with van der Waals surface area (Å²) in [5, 5.41) is 13.4. The zero-order valence-electron chi connectivity index (χ0n) is 12.6. The Bertz CT molecular complexity index is 819. The van der Waals surface area contributed by atoms with Gasteiger partial charge >= 0.3 is 0 Å². The highest BCUT2D eigenvalue weighted by Gasteiger charge is 2.21. The van der Waals surface area contributed by atoms with Crippen molar-refractivity contribution in [3.05, 3.63) is 45.5 Å². The smallest absolute Gasteiger partial charge is 0.268 e. The molecule has 0 saturated carbocycles. The lowest BCUT2D eigenvalue weighted by Gasteiger charge is -2.36. The highest BCUT2D eigenvalue weighted by Crippen LogP contribution is 2.25. The second kappa shape index (κ2) is 6.26. The molecule has 118 valence electrons. The topological polar surface area (TPSA) is 78.1 Å². The molecule has 0 aromatic carbocycles. The van der Waals surface area contributed by atoms with Crippen LogP contribution in [0.2, 0.25) is 5.02 Å². The summed E-state index contributed by atoms with van der Waals surface area (Å²) in [4.78, 5) is 20.2. The molecule has 0 N–H and O–H groups in total. The Balaban J connectivity index is 1.72. The average molecular weight is 331 g/mol. The van der Waals surface area contributed by atoms with Crippen molar-refractivity contribution in [2.24, 2.45) is 7.05 Å². The molecule has 7 nitrogen and oxygen atoms in total. The molecule has 1 aliphatic rings. The number of nitrogens with zero attached hydrogens (tertiary/aromatic N) is 6. The van der Waals surface area contributed by atoms with Gasteiger partial charge in [0.1, 0.15) is 11.9 Å². The minimum atomic E-state index is -0.123. The van der Waals surface area contributed by atoms with Crippen LogP contribution in [0.5, 0.6) is 0 Å². The van der Waals surface area contributed by atoms with Crippen molar-refractivity contribution in [3.8, 4) is 6.07 Å². The van der Waals surface area contributed by atoms with Gasteiger partial charge in [-0.25, -0.2) is 9.67 Å². The van der Waals surface area contributed by atoms with Crippen LogP contribution >= 0.6 is 11.6 Å². The van der Waals surface area contributed by atoms with E-state index >= 15 is 0 Å². The van der Waals surface area contributed by atoms with Gasteiger partial charge in [-0.2, -0.15) is 10.4 Å². The maximum absolute atomic E-state index is 11.7. The van der Waals surface area contributed by atoms with Crippen molar-refractivity contribution in [1.29, 1.82) is 5.26 Å². The maximum atomic E-state index is 11.7. The number of pyridine rings is 1. The Morgan fingerprint density at radius 1 is 1.17 bits per heavy atom. The van der Waals surface area contributed by atoms with Gasteiger partial charge in [0.2, 0.25) is 0 Å². The summed E-state index contributed by atoms with van der Waals surface area (Å²) < 4.78 is 1.31. The van der Waals surface area contributed by atoms with Crippen molar-refractivity contribution in [2.75, 3.05) is 36.0 Å². The second-order valence-corrected chi connectivity index (χ2v) is 5.70. The van der Waals surface area contributed by atoms with E-state index in [0.29, 0.717) is 16.4 Å². The number of aryl methyl sites for hydroxylation is 1. The van der Waals surface area contributed by atoms with Crippen LogP contribution in [0, 0.1) is 11.3 Å². The Labute approximate surface area is 138 Å². The van der Waals surface area contributed by atoms with Gasteiger partial charge in [0, 0.05) is 45.5 Å². The quantitative estimate of drug-likeness (QED) is 0.818. The van der Waals surface area contributed by atoms with E-state index in [4.69, 9.17) is 16.9 Å². The van der Waals surface area contributed by atoms with Gasteiger partial charge in [0.05, 0.1) is 22.5 Å². The summed E-state index contributed by atoms with van der Waals surface area (Å²) in [7, 11) is 1.63. The van der Waals surface area contributed by atoms with Gasteiger partial charge in [0.25, 0.3) is 5.56 Å². The van der Waals surface area contributed by atoms with Crippen LogP contribution in [0.3, 0.4) is 0 Å². The highest BCUT2D eigenvalue weighted by atomic mass is 35.5. The van der Waals surface area contributed by atoms with E-state index in [1.165, 1.54) is 10.9 Å². The number of rotatable bonds is 2. The van der Waals surface area contributed by atoms with Crippen LogP contribution in [-0.2, 0) is 7.05 Å². The van der Waals surface area contributed by atoms with E-state index < -0.39 is 0 Å². The number of piperazine rings is 1. The third-order valence-electron chi connectivity index (χ3n) is 3.85. The Morgan fingerprint density at radius 2 is 1.87 bits per heavy atom. The van der Waals surface area contributed by atoms with Crippen LogP contribution in [-0.4, -0.2) is 40.9 Å². The summed E-state index contributed by atoms with van der Waals surface area (Å²) in [6, 6.07) is 5.24. The predicted octanol–water partition coefficient (Wildman–Crippen LogP) is 1.03. The predicted molar refractivity (Wildman–Crippen MR) is 87.9 cm³/mol. The van der Waals surface area contributed by atoms with Crippen molar-refractivity contribution in [3.63, 3.8) is 0 Å². The molecule has 8 heteroatoms. The minimum absolute atomic E-state index is 0.123. The standard InChI is InChI=1S/C15H15ClN6O/c1-20-14(23)7-12(10-19-20)21-2-4-22(5-3-21)15-13(16)6-11(8-17)9-18-15/h6-7,9-10H,2-5H2,1H3. The average Bonchev–Trinajstić information content (AvgIpc) is 2.57. The molecule has 1 saturated heterocycles. The van der Waals surface area contributed by atoms with Crippen LogP contribution in [0.4, 0.5) is 11.5 Å². The van der Waals surface area contributed by atoms with Crippen molar-refractivity contribution < 1.29 is 0 Å². The van der Waals surface area contributed by atoms with E-state index in [2.05, 4.69) is 19.9 Å². The number of aromatic nitrogens is 3. The molecule has 23 heavy (non-hydrogen) atoms. The highest BCUT2D eigenvalue weighted by molar-refractivity contribution is 6.33. The molecule has 3 rings (SSSR count). The fraction of sp³-hybridized carbons (Fsp3) is 0.333. The van der Waals surface area contributed by atoms with Gasteiger partial charge in [-0.05, 0) is 6.07 Å². The summed E-state index contributed by atoms with van der Waals surface area (Å²) >= 11 is 6.21. The number of hydrogen-bond acceptors (Lipinski definition) is 6. The first-order chi connectivity index (χ1) is 11.1.